The number of carbonyl (C=O) groups is 1. The molecule has 0 atom stereocenters. The number of nitrogens with one attached hydrogen (secondary N) is 1. The molecule has 0 aromatic carbocycles. The predicted molar refractivity (Wildman–Crippen MR) is 50.3 cm³/mol. The fraction of sp³-hybridized carbons (Fsp3) is 0.875. The summed E-state index contributed by atoms with van der Waals surface area (Å²) in [5, 5.41) is 2.64. The average molecular weight is 173 g/mol. The summed E-state index contributed by atoms with van der Waals surface area (Å²) in [6.07, 6.45) is 0. The van der Waals surface area contributed by atoms with Crippen LogP contribution in [0.2, 0.25) is 0 Å². The number of urea groups is 1. The normalized spacial score (nSPS) is 19.3. The Hall–Kier alpha value is -0.770. The second-order valence-corrected chi connectivity index (χ2v) is 2.98. The van der Waals surface area contributed by atoms with E-state index in [1.807, 2.05) is 4.90 Å². The first-order valence-electron chi connectivity index (χ1n) is 4.47. The van der Waals surface area contributed by atoms with E-state index in [0.29, 0.717) is 0 Å². The first-order chi connectivity index (χ1) is 5.77. The predicted octanol–water partition coefficient (Wildman–Crippen LogP) is 0.209. The van der Waals surface area contributed by atoms with E-state index in [9.17, 15) is 4.79 Å². The van der Waals surface area contributed by atoms with Crippen molar-refractivity contribution in [2.45, 2.75) is 6.92 Å². The van der Waals surface area contributed by atoms with Crippen LogP contribution < -0.4 is 5.32 Å². The van der Waals surface area contributed by atoms with E-state index in [-0.39, 0.29) is 7.46 Å². The highest BCUT2D eigenvalue weighted by molar-refractivity contribution is 5.73. The number of rotatable bonds is 1. The Bertz CT molecular complexity index is 157. The molecule has 0 aromatic heterocycles. The lowest BCUT2D eigenvalue weighted by Gasteiger charge is -2.33. The van der Waals surface area contributed by atoms with Crippen molar-refractivity contribution in [2.75, 3.05) is 39.8 Å². The summed E-state index contributed by atoms with van der Waals surface area (Å²) in [6.45, 7) is 6.95. The lowest BCUT2D eigenvalue weighted by molar-refractivity contribution is 0.144. The maximum absolute atomic E-state index is 11.2. The molecular formula is C8H19N3O. The maximum Gasteiger partial charge on any atom is 0.317 e. The molecule has 0 aliphatic carbocycles. The van der Waals surface area contributed by atoms with E-state index >= 15 is 0 Å². The highest BCUT2D eigenvalue weighted by Crippen LogP contribution is 2.00. The monoisotopic (exact) mass is 173 g/mol. The summed E-state index contributed by atoms with van der Waals surface area (Å²) in [6, 6.07) is 0.0470. The molecule has 1 fully saturated rings. The van der Waals surface area contributed by atoms with Gasteiger partial charge in [-0.25, -0.2) is 4.79 Å². The van der Waals surface area contributed by atoms with Crippen molar-refractivity contribution < 1.29 is 6.22 Å². The minimum atomic E-state index is 0. The maximum atomic E-state index is 11.2. The molecule has 1 aliphatic rings. The van der Waals surface area contributed by atoms with E-state index in [1.54, 1.807) is 7.05 Å². The molecule has 0 radical (unpaired) electrons. The molecule has 0 spiro atoms. The second-order valence-electron chi connectivity index (χ2n) is 2.98. The molecular weight excluding hydrogens is 154 g/mol. The number of likely N-dealkylation sites (N-methyl/N-ethyl adjacent to an activating group) is 1. The fourth-order valence-electron chi connectivity index (χ4n) is 1.43. The lowest BCUT2D eigenvalue weighted by atomic mass is 10.3. The van der Waals surface area contributed by atoms with Crippen LogP contribution in [0.1, 0.15) is 8.35 Å². The summed E-state index contributed by atoms with van der Waals surface area (Å²) >= 11 is 0. The lowest BCUT2D eigenvalue weighted by Crippen LogP contribution is -2.50. The average Bonchev–Trinajstić information content (AvgIpc) is 2.17. The Morgan fingerprint density at radius 2 is 2.00 bits per heavy atom. The van der Waals surface area contributed by atoms with Crippen LogP contribution in [-0.4, -0.2) is 55.6 Å². The van der Waals surface area contributed by atoms with Crippen LogP contribution in [0.25, 0.3) is 0 Å². The van der Waals surface area contributed by atoms with Crippen LogP contribution in [0.15, 0.2) is 0 Å². The van der Waals surface area contributed by atoms with E-state index in [4.69, 9.17) is 0 Å². The fourth-order valence-corrected chi connectivity index (χ4v) is 1.43. The molecule has 1 saturated heterocycles. The van der Waals surface area contributed by atoms with Gasteiger partial charge >= 0.3 is 6.03 Å². The number of piperazine rings is 1. The van der Waals surface area contributed by atoms with Crippen molar-refractivity contribution in [3.05, 3.63) is 0 Å². The molecule has 1 rings (SSSR count). The summed E-state index contributed by atoms with van der Waals surface area (Å²) in [5.41, 5.74) is 0. The van der Waals surface area contributed by atoms with Gasteiger partial charge < -0.3 is 15.1 Å². The van der Waals surface area contributed by atoms with Crippen molar-refractivity contribution >= 4 is 6.03 Å². The summed E-state index contributed by atoms with van der Waals surface area (Å²) < 4.78 is 0. The molecule has 4 heteroatoms. The molecule has 1 N–H and O–H groups in total. The Morgan fingerprint density at radius 1 is 1.42 bits per heavy atom. The minimum absolute atomic E-state index is 0. The van der Waals surface area contributed by atoms with Gasteiger partial charge in [0.25, 0.3) is 0 Å². The zero-order chi connectivity index (χ0) is 8.97. The Labute approximate surface area is 75.0 Å². The number of hydrogen-bond acceptors (Lipinski definition) is 2. The van der Waals surface area contributed by atoms with Crippen LogP contribution in [0, 0.1) is 0 Å². The van der Waals surface area contributed by atoms with Crippen LogP contribution in [0.3, 0.4) is 0 Å². The second kappa shape index (κ2) is 4.30. The number of carbonyl (C=O) groups excluding carboxylic acids is 1. The number of amides is 2. The third-order valence-electron chi connectivity index (χ3n) is 2.32. The molecule has 0 bridgehead atoms. The van der Waals surface area contributed by atoms with E-state index in [0.717, 1.165) is 32.7 Å². The van der Waals surface area contributed by atoms with Gasteiger partial charge in [0.2, 0.25) is 0 Å². The molecule has 12 heavy (non-hydrogen) atoms. The first-order valence-corrected chi connectivity index (χ1v) is 4.47. The van der Waals surface area contributed by atoms with Gasteiger partial charge in [0, 0.05) is 34.7 Å². The summed E-state index contributed by atoms with van der Waals surface area (Å²) in [4.78, 5) is 15.4. The zero-order valence-corrected chi connectivity index (χ0v) is 7.84. The van der Waals surface area contributed by atoms with Gasteiger partial charge in [0.15, 0.2) is 0 Å². The first kappa shape index (κ1) is 9.32. The van der Waals surface area contributed by atoms with Crippen LogP contribution in [-0.2, 0) is 0 Å². The van der Waals surface area contributed by atoms with E-state index < -0.39 is 0 Å². The van der Waals surface area contributed by atoms with Crippen LogP contribution in [0.5, 0.6) is 0 Å². The van der Waals surface area contributed by atoms with E-state index in [2.05, 4.69) is 17.1 Å². The Morgan fingerprint density at radius 3 is 2.42 bits per heavy atom. The van der Waals surface area contributed by atoms with Gasteiger partial charge in [-0.15, -0.1) is 0 Å². The quantitative estimate of drug-likeness (QED) is 0.615. The van der Waals surface area contributed by atoms with Gasteiger partial charge in [-0.1, -0.05) is 6.92 Å². The third-order valence-corrected chi connectivity index (χ3v) is 2.32. The molecule has 72 valence electrons. The zero-order valence-electron chi connectivity index (χ0n) is 7.84. The van der Waals surface area contributed by atoms with Gasteiger partial charge in [-0.05, 0) is 6.54 Å². The summed E-state index contributed by atoms with van der Waals surface area (Å²) in [5.74, 6) is 0. The van der Waals surface area contributed by atoms with Crippen molar-refractivity contribution in [1.29, 1.82) is 0 Å². The van der Waals surface area contributed by atoms with Gasteiger partial charge in [-0.3, -0.25) is 0 Å². The van der Waals surface area contributed by atoms with Gasteiger partial charge in [0.1, 0.15) is 0 Å². The Balaban J connectivity index is 0.00000144. The molecule has 0 unspecified atom stereocenters. The topological polar surface area (TPSA) is 35.6 Å². The van der Waals surface area contributed by atoms with Crippen LogP contribution in [0.4, 0.5) is 4.79 Å². The highest BCUT2D eigenvalue weighted by atomic mass is 16.2. The van der Waals surface area contributed by atoms with Crippen molar-refractivity contribution in [2.24, 2.45) is 0 Å². The van der Waals surface area contributed by atoms with Crippen molar-refractivity contribution in [3.8, 4) is 0 Å². The third kappa shape index (κ3) is 2.11. The molecule has 2 amide bonds. The summed E-state index contributed by atoms with van der Waals surface area (Å²) in [7, 11) is 1.68. The Kier molecular flexibility index (Phi) is 3.34. The molecule has 0 aromatic rings. The standard InChI is InChI=1S/C8H17N3O.H2/c1-3-10-4-6-11(7-5-10)8(12)9-2;/h3-7H2,1-2H3,(H,9,12);1H. The largest absolute Gasteiger partial charge is 0.341 e. The van der Waals surface area contributed by atoms with Crippen molar-refractivity contribution in [3.63, 3.8) is 0 Å². The molecule has 4 nitrogen and oxygen atoms in total. The van der Waals surface area contributed by atoms with Crippen molar-refractivity contribution in [1.82, 2.24) is 15.1 Å². The molecule has 1 heterocycles. The van der Waals surface area contributed by atoms with Gasteiger partial charge in [0.05, 0.1) is 0 Å². The minimum Gasteiger partial charge on any atom is -0.341 e. The van der Waals surface area contributed by atoms with Gasteiger partial charge in [-0.2, -0.15) is 0 Å². The SMILES string of the molecule is CCN1CCN(C(=O)NC)CC1.[HH]. The van der Waals surface area contributed by atoms with Crippen LogP contribution >= 0.6 is 0 Å². The molecule has 1 aliphatic heterocycles. The smallest absolute Gasteiger partial charge is 0.317 e. The number of nitrogens with zero attached hydrogens (tertiary/aromatic N) is 2. The number of hydrogen-bond donors (Lipinski definition) is 1. The highest BCUT2D eigenvalue weighted by Gasteiger charge is 2.18. The van der Waals surface area contributed by atoms with E-state index in [1.165, 1.54) is 0 Å². The molecule has 0 saturated carbocycles.